The molecule has 0 aliphatic carbocycles. The zero-order valence-corrected chi connectivity index (χ0v) is 7.76. The Hall–Kier alpha value is -0.790. The van der Waals surface area contributed by atoms with E-state index in [0.29, 0.717) is 0 Å². The van der Waals surface area contributed by atoms with Crippen molar-refractivity contribution in [2.24, 2.45) is 4.99 Å². The third kappa shape index (κ3) is 1.30. The molecule has 0 aromatic carbocycles. The van der Waals surface area contributed by atoms with Gasteiger partial charge in [0, 0.05) is 19.0 Å². The van der Waals surface area contributed by atoms with Crippen LogP contribution in [-0.2, 0) is 0 Å². The van der Waals surface area contributed by atoms with Gasteiger partial charge in [0.05, 0.1) is 0 Å². The van der Waals surface area contributed by atoms with Crippen molar-refractivity contribution >= 4 is 6.21 Å². The van der Waals surface area contributed by atoms with Crippen LogP contribution in [0.1, 0.15) is 27.2 Å². The molecule has 11 heavy (non-hydrogen) atoms. The van der Waals surface area contributed by atoms with E-state index in [-0.39, 0.29) is 5.66 Å². The molecular weight excluding hydrogens is 136 g/mol. The lowest BCUT2D eigenvalue weighted by Gasteiger charge is -2.38. The molecule has 1 rings (SSSR count). The van der Waals surface area contributed by atoms with E-state index in [0.717, 1.165) is 6.42 Å². The molecule has 2 nitrogen and oxygen atoms in total. The van der Waals surface area contributed by atoms with Gasteiger partial charge in [-0.15, -0.1) is 0 Å². The van der Waals surface area contributed by atoms with E-state index >= 15 is 0 Å². The molecule has 0 fully saturated rings. The minimum Gasteiger partial charge on any atom is -0.354 e. The van der Waals surface area contributed by atoms with E-state index in [1.807, 2.05) is 12.3 Å². The van der Waals surface area contributed by atoms with Gasteiger partial charge in [-0.1, -0.05) is 6.92 Å². The molecule has 0 amide bonds. The number of allylic oxidation sites excluding steroid dienone is 2. The second-order valence-electron chi connectivity index (χ2n) is 3.22. The van der Waals surface area contributed by atoms with Crippen LogP contribution < -0.4 is 0 Å². The minimum absolute atomic E-state index is 0.0150. The molecule has 1 heterocycles. The maximum atomic E-state index is 4.44. The first-order valence-corrected chi connectivity index (χ1v) is 4.06. The molecule has 1 atom stereocenters. The Labute approximate surface area is 68.6 Å². The first-order valence-electron chi connectivity index (χ1n) is 4.06. The third-order valence-electron chi connectivity index (χ3n) is 2.59. The smallest absolute Gasteiger partial charge is 0.128 e. The van der Waals surface area contributed by atoms with Gasteiger partial charge in [0.1, 0.15) is 5.66 Å². The Balaban J connectivity index is 2.88. The van der Waals surface area contributed by atoms with Crippen molar-refractivity contribution in [1.82, 2.24) is 4.90 Å². The Morgan fingerprint density at radius 2 is 2.27 bits per heavy atom. The minimum atomic E-state index is -0.0150. The average Bonchev–Trinajstić information content (AvgIpc) is 2.00. The quantitative estimate of drug-likeness (QED) is 0.561. The molecule has 1 aliphatic heterocycles. The average molecular weight is 152 g/mol. The second-order valence-corrected chi connectivity index (χ2v) is 3.22. The highest BCUT2D eigenvalue weighted by molar-refractivity contribution is 5.73. The fraction of sp³-hybridized carbons (Fsp3) is 0.667. The molecule has 0 N–H and O–H groups in total. The first kappa shape index (κ1) is 8.31. The summed E-state index contributed by atoms with van der Waals surface area (Å²) in [6, 6.07) is 0. The van der Waals surface area contributed by atoms with E-state index in [1.165, 1.54) is 5.70 Å². The summed E-state index contributed by atoms with van der Waals surface area (Å²) in [7, 11) is 2.09. The highest BCUT2D eigenvalue weighted by atomic mass is 15.3. The third-order valence-corrected chi connectivity index (χ3v) is 2.59. The normalized spacial score (nSPS) is 30.5. The van der Waals surface area contributed by atoms with Crippen LogP contribution in [0.5, 0.6) is 0 Å². The Bertz CT molecular complexity index is 206. The van der Waals surface area contributed by atoms with Crippen molar-refractivity contribution in [3.8, 4) is 0 Å². The lowest BCUT2D eigenvalue weighted by molar-refractivity contribution is 0.184. The molecule has 0 aromatic heterocycles. The van der Waals surface area contributed by atoms with Gasteiger partial charge < -0.3 is 4.90 Å². The second kappa shape index (κ2) is 2.68. The fourth-order valence-corrected chi connectivity index (χ4v) is 1.21. The SMILES string of the molecule is CCC1(C)N=CC=C(C)N1C. The molecule has 0 bridgehead atoms. The molecule has 0 spiro atoms. The van der Waals surface area contributed by atoms with Gasteiger partial charge in [0.25, 0.3) is 0 Å². The van der Waals surface area contributed by atoms with Crippen LogP contribution in [0.25, 0.3) is 0 Å². The Kier molecular flexibility index (Phi) is 2.03. The summed E-state index contributed by atoms with van der Waals surface area (Å²) in [5.74, 6) is 0. The zero-order chi connectivity index (χ0) is 8.48. The van der Waals surface area contributed by atoms with E-state index < -0.39 is 0 Å². The van der Waals surface area contributed by atoms with Crippen molar-refractivity contribution in [3.63, 3.8) is 0 Å². The van der Waals surface area contributed by atoms with Gasteiger partial charge in [0.2, 0.25) is 0 Å². The molecule has 0 saturated heterocycles. The van der Waals surface area contributed by atoms with Crippen LogP contribution in [0.15, 0.2) is 16.8 Å². The van der Waals surface area contributed by atoms with Crippen LogP contribution in [0.4, 0.5) is 0 Å². The summed E-state index contributed by atoms with van der Waals surface area (Å²) < 4.78 is 0. The number of hydrogen-bond donors (Lipinski definition) is 0. The van der Waals surface area contributed by atoms with Crippen molar-refractivity contribution in [3.05, 3.63) is 11.8 Å². The summed E-state index contributed by atoms with van der Waals surface area (Å²) in [4.78, 5) is 6.65. The van der Waals surface area contributed by atoms with E-state index in [9.17, 15) is 0 Å². The highest BCUT2D eigenvalue weighted by Crippen LogP contribution is 2.25. The summed E-state index contributed by atoms with van der Waals surface area (Å²) in [5.41, 5.74) is 1.27. The molecule has 0 radical (unpaired) electrons. The number of aliphatic imine (C=N–C) groups is 1. The van der Waals surface area contributed by atoms with Gasteiger partial charge in [0.15, 0.2) is 0 Å². The van der Waals surface area contributed by atoms with Crippen molar-refractivity contribution in [2.75, 3.05) is 7.05 Å². The monoisotopic (exact) mass is 152 g/mol. The molecule has 1 unspecified atom stereocenters. The highest BCUT2D eigenvalue weighted by Gasteiger charge is 2.27. The van der Waals surface area contributed by atoms with Gasteiger partial charge in [-0.2, -0.15) is 0 Å². The number of nitrogens with zero attached hydrogens (tertiary/aromatic N) is 2. The molecule has 1 aliphatic rings. The lowest BCUT2D eigenvalue weighted by Crippen LogP contribution is -2.42. The predicted molar refractivity (Wildman–Crippen MR) is 48.7 cm³/mol. The maximum Gasteiger partial charge on any atom is 0.128 e. The van der Waals surface area contributed by atoms with Gasteiger partial charge in [-0.25, -0.2) is 0 Å². The topological polar surface area (TPSA) is 15.6 Å². The predicted octanol–water partition coefficient (Wildman–Crippen LogP) is 2.03. The number of hydrogen-bond acceptors (Lipinski definition) is 2. The molecular formula is C9H16N2. The Morgan fingerprint density at radius 1 is 1.64 bits per heavy atom. The van der Waals surface area contributed by atoms with Crippen LogP contribution >= 0.6 is 0 Å². The molecule has 0 saturated carbocycles. The standard InChI is InChI=1S/C9H16N2/c1-5-9(3)10-7-6-8(2)11(9)4/h6-7H,5H2,1-4H3. The van der Waals surface area contributed by atoms with E-state index in [1.54, 1.807) is 0 Å². The van der Waals surface area contributed by atoms with Gasteiger partial charge in [-0.05, 0) is 26.3 Å². The van der Waals surface area contributed by atoms with Crippen molar-refractivity contribution in [2.45, 2.75) is 32.9 Å². The van der Waals surface area contributed by atoms with Crippen molar-refractivity contribution < 1.29 is 0 Å². The van der Waals surface area contributed by atoms with Gasteiger partial charge >= 0.3 is 0 Å². The largest absolute Gasteiger partial charge is 0.354 e. The van der Waals surface area contributed by atoms with Gasteiger partial charge in [-0.3, -0.25) is 4.99 Å². The molecule has 0 aromatic rings. The maximum absolute atomic E-state index is 4.44. The van der Waals surface area contributed by atoms with Crippen LogP contribution in [0.3, 0.4) is 0 Å². The Morgan fingerprint density at radius 3 is 2.73 bits per heavy atom. The lowest BCUT2D eigenvalue weighted by atomic mass is 10.1. The first-order chi connectivity index (χ1) is 5.10. The van der Waals surface area contributed by atoms with Crippen LogP contribution in [-0.4, -0.2) is 23.8 Å². The summed E-state index contributed by atoms with van der Waals surface area (Å²) in [6.45, 7) is 6.42. The summed E-state index contributed by atoms with van der Waals surface area (Å²) in [5, 5.41) is 0. The number of rotatable bonds is 1. The zero-order valence-electron chi connectivity index (χ0n) is 7.76. The summed E-state index contributed by atoms with van der Waals surface area (Å²) >= 11 is 0. The van der Waals surface area contributed by atoms with Crippen LogP contribution in [0, 0.1) is 0 Å². The van der Waals surface area contributed by atoms with E-state index in [2.05, 4.69) is 37.7 Å². The fourth-order valence-electron chi connectivity index (χ4n) is 1.21. The van der Waals surface area contributed by atoms with Crippen LogP contribution in [0.2, 0.25) is 0 Å². The molecule has 62 valence electrons. The summed E-state index contributed by atoms with van der Waals surface area (Å²) in [6.07, 6.45) is 4.99. The van der Waals surface area contributed by atoms with Crippen molar-refractivity contribution in [1.29, 1.82) is 0 Å². The van der Waals surface area contributed by atoms with E-state index in [4.69, 9.17) is 0 Å². The molecule has 2 heteroatoms.